The number of carbonyl (C=O) groups is 1. The van der Waals surface area contributed by atoms with Crippen LogP contribution in [-0.2, 0) is 14.8 Å². The largest absolute Gasteiger partial charge is 0.325 e. The van der Waals surface area contributed by atoms with Gasteiger partial charge < -0.3 is 5.32 Å². The number of carbonyl (C=O) groups excluding carboxylic acids is 1. The molecule has 30 heavy (non-hydrogen) atoms. The molecule has 1 heterocycles. The van der Waals surface area contributed by atoms with E-state index in [2.05, 4.69) is 15.0 Å². The number of fused-ring (bicyclic) bond motifs is 1. The Kier molecular flexibility index (Phi) is 7.18. The van der Waals surface area contributed by atoms with Gasteiger partial charge in [0.15, 0.2) is 0 Å². The summed E-state index contributed by atoms with van der Waals surface area (Å²) in [6.07, 6.45) is 2.34. The highest BCUT2D eigenvalue weighted by molar-refractivity contribution is 7.98. The molecular formula is C21H25N3O3S3. The molecule has 0 spiro atoms. The Balaban J connectivity index is 1.83. The molecule has 1 aromatic heterocycles. The summed E-state index contributed by atoms with van der Waals surface area (Å²) in [5.41, 5.74) is 1.41. The second kappa shape index (κ2) is 9.47. The highest BCUT2D eigenvalue weighted by atomic mass is 32.2. The van der Waals surface area contributed by atoms with E-state index in [0.717, 1.165) is 20.1 Å². The maximum absolute atomic E-state index is 13.0. The SMILES string of the molecule is CSc1cccc(NC(=O)[C@@H](CC(C)C)NS(=O)(=O)c2ccc3nc(C)sc3c2)c1. The summed E-state index contributed by atoms with van der Waals surface area (Å²) in [6, 6.07) is 11.4. The quantitative estimate of drug-likeness (QED) is 0.475. The zero-order valence-electron chi connectivity index (χ0n) is 17.3. The molecule has 0 radical (unpaired) electrons. The van der Waals surface area contributed by atoms with Crippen molar-refractivity contribution in [2.75, 3.05) is 11.6 Å². The van der Waals surface area contributed by atoms with Crippen LogP contribution in [0.3, 0.4) is 0 Å². The average molecular weight is 464 g/mol. The van der Waals surface area contributed by atoms with Gasteiger partial charge in [-0.25, -0.2) is 13.4 Å². The maximum Gasteiger partial charge on any atom is 0.242 e. The third-order valence-electron chi connectivity index (χ3n) is 4.44. The summed E-state index contributed by atoms with van der Waals surface area (Å²) in [7, 11) is -3.87. The molecule has 0 aliphatic rings. The van der Waals surface area contributed by atoms with Gasteiger partial charge in [0.05, 0.1) is 20.1 Å². The van der Waals surface area contributed by atoms with Gasteiger partial charge in [0.1, 0.15) is 6.04 Å². The first-order valence-corrected chi connectivity index (χ1v) is 13.0. The average Bonchev–Trinajstić information content (AvgIpc) is 3.06. The highest BCUT2D eigenvalue weighted by Gasteiger charge is 2.27. The molecule has 1 atom stereocenters. The minimum Gasteiger partial charge on any atom is -0.325 e. The lowest BCUT2D eigenvalue weighted by Crippen LogP contribution is -2.44. The Hall–Kier alpha value is -1.94. The van der Waals surface area contributed by atoms with Crippen molar-refractivity contribution in [3.05, 3.63) is 47.5 Å². The number of aryl methyl sites for hydroxylation is 1. The Bertz CT molecular complexity index is 1160. The number of amides is 1. The highest BCUT2D eigenvalue weighted by Crippen LogP contribution is 2.25. The lowest BCUT2D eigenvalue weighted by molar-refractivity contribution is -0.118. The van der Waals surface area contributed by atoms with Crippen LogP contribution >= 0.6 is 23.1 Å². The van der Waals surface area contributed by atoms with Crippen LogP contribution in [0.2, 0.25) is 0 Å². The van der Waals surface area contributed by atoms with Crippen molar-refractivity contribution in [1.29, 1.82) is 0 Å². The van der Waals surface area contributed by atoms with E-state index in [0.29, 0.717) is 12.1 Å². The van der Waals surface area contributed by atoms with Crippen LogP contribution in [-0.4, -0.2) is 31.6 Å². The van der Waals surface area contributed by atoms with Gasteiger partial charge in [0.2, 0.25) is 15.9 Å². The Morgan fingerprint density at radius 1 is 1.20 bits per heavy atom. The Labute approximate surface area is 185 Å². The Morgan fingerprint density at radius 3 is 2.67 bits per heavy atom. The number of hydrogen-bond acceptors (Lipinski definition) is 6. The van der Waals surface area contributed by atoms with Crippen molar-refractivity contribution in [1.82, 2.24) is 9.71 Å². The molecule has 2 aromatic carbocycles. The fraction of sp³-hybridized carbons (Fsp3) is 0.333. The lowest BCUT2D eigenvalue weighted by atomic mass is 10.0. The van der Waals surface area contributed by atoms with Crippen LogP contribution in [0.4, 0.5) is 5.69 Å². The van der Waals surface area contributed by atoms with Gasteiger partial charge in [-0.05, 0) is 61.9 Å². The topological polar surface area (TPSA) is 88.2 Å². The van der Waals surface area contributed by atoms with Gasteiger partial charge in [-0.3, -0.25) is 4.79 Å². The predicted molar refractivity (Wildman–Crippen MR) is 125 cm³/mol. The van der Waals surface area contributed by atoms with E-state index in [-0.39, 0.29) is 16.7 Å². The van der Waals surface area contributed by atoms with Crippen LogP contribution in [0, 0.1) is 12.8 Å². The van der Waals surface area contributed by atoms with Crippen molar-refractivity contribution < 1.29 is 13.2 Å². The standard InChI is InChI=1S/C21H25N3O3S3/c1-13(2)10-19(21(25)23-15-6-5-7-16(11-15)28-4)24-30(26,27)17-8-9-18-20(12-17)29-14(3)22-18/h5-9,11-13,19,24H,10H2,1-4H3,(H,23,25)/t19-/m1/s1. The van der Waals surface area contributed by atoms with E-state index in [1.807, 2.05) is 45.2 Å². The number of hydrogen-bond donors (Lipinski definition) is 2. The fourth-order valence-corrected chi connectivity index (χ4v) is 5.69. The van der Waals surface area contributed by atoms with Crippen molar-refractivity contribution in [3.8, 4) is 0 Å². The van der Waals surface area contributed by atoms with Crippen molar-refractivity contribution in [2.45, 2.75) is 43.0 Å². The third kappa shape index (κ3) is 5.60. The van der Waals surface area contributed by atoms with Crippen LogP contribution in [0.15, 0.2) is 52.3 Å². The van der Waals surface area contributed by atoms with E-state index < -0.39 is 16.1 Å². The van der Waals surface area contributed by atoms with Crippen molar-refractivity contribution >= 4 is 54.9 Å². The smallest absolute Gasteiger partial charge is 0.242 e. The second-order valence-corrected chi connectivity index (χ2v) is 11.2. The Morgan fingerprint density at radius 2 is 1.97 bits per heavy atom. The molecular weight excluding hydrogens is 438 g/mol. The summed E-state index contributed by atoms with van der Waals surface area (Å²) in [6.45, 7) is 5.79. The summed E-state index contributed by atoms with van der Waals surface area (Å²) < 4.78 is 29.4. The molecule has 0 bridgehead atoms. The molecule has 0 fully saturated rings. The minimum atomic E-state index is -3.87. The number of nitrogens with zero attached hydrogens (tertiary/aromatic N) is 1. The lowest BCUT2D eigenvalue weighted by Gasteiger charge is -2.20. The normalized spacial score (nSPS) is 13.0. The van der Waals surface area contributed by atoms with E-state index in [4.69, 9.17) is 0 Å². The number of sulfonamides is 1. The van der Waals surface area contributed by atoms with Crippen molar-refractivity contribution in [3.63, 3.8) is 0 Å². The van der Waals surface area contributed by atoms with Gasteiger partial charge in [-0.15, -0.1) is 23.1 Å². The first-order chi connectivity index (χ1) is 14.2. The fourth-order valence-electron chi connectivity index (χ4n) is 3.05. The number of anilines is 1. The summed E-state index contributed by atoms with van der Waals surface area (Å²) in [5.74, 6) is -0.243. The zero-order chi connectivity index (χ0) is 21.9. The summed E-state index contributed by atoms with van der Waals surface area (Å²) in [4.78, 5) is 18.4. The monoisotopic (exact) mass is 463 g/mol. The first kappa shape index (κ1) is 22.7. The number of benzene rings is 2. The minimum absolute atomic E-state index is 0.129. The molecule has 0 saturated carbocycles. The molecule has 2 N–H and O–H groups in total. The van der Waals surface area contributed by atoms with Crippen LogP contribution in [0.5, 0.6) is 0 Å². The molecule has 1 amide bonds. The van der Waals surface area contributed by atoms with Gasteiger partial charge in [-0.1, -0.05) is 19.9 Å². The molecule has 9 heteroatoms. The van der Waals surface area contributed by atoms with E-state index >= 15 is 0 Å². The van der Waals surface area contributed by atoms with Gasteiger partial charge in [0, 0.05) is 10.6 Å². The van der Waals surface area contributed by atoms with Gasteiger partial charge >= 0.3 is 0 Å². The number of nitrogens with one attached hydrogen (secondary N) is 2. The third-order valence-corrected chi connectivity index (χ3v) is 7.56. The van der Waals surface area contributed by atoms with E-state index in [1.54, 1.807) is 30.0 Å². The number of aromatic nitrogens is 1. The molecule has 6 nitrogen and oxygen atoms in total. The molecule has 160 valence electrons. The molecule has 0 aliphatic carbocycles. The number of thioether (sulfide) groups is 1. The summed E-state index contributed by atoms with van der Waals surface area (Å²) >= 11 is 3.01. The molecule has 0 aliphatic heterocycles. The van der Waals surface area contributed by atoms with Crippen molar-refractivity contribution in [2.24, 2.45) is 5.92 Å². The number of thiazole rings is 1. The zero-order valence-corrected chi connectivity index (χ0v) is 19.7. The van der Waals surface area contributed by atoms with E-state index in [9.17, 15) is 13.2 Å². The molecule has 0 saturated heterocycles. The van der Waals surface area contributed by atoms with Gasteiger partial charge in [0.25, 0.3) is 0 Å². The van der Waals surface area contributed by atoms with Crippen LogP contribution < -0.4 is 10.0 Å². The maximum atomic E-state index is 13.0. The van der Waals surface area contributed by atoms with Crippen LogP contribution in [0.1, 0.15) is 25.3 Å². The molecule has 0 unspecified atom stereocenters. The summed E-state index contributed by atoms with van der Waals surface area (Å²) in [5, 5.41) is 3.71. The number of rotatable bonds is 8. The first-order valence-electron chi connectivity index (χ1n) is 9.52. The molecule has 3 rings (SSSR count). The van der Waals surface area contributed by atoms with Crippen LogP contribution in [0.25, 0.3) is 10.2 Å². The second-order valence-electron chi connectivity index (χ2n) is 7.39. The predicted octanol–water partition coefficient (Wildman–Crippen LogP) is 4.66. The van der Waals surface area contributed by atoms with E-state index in [1.165, 1.54) is 17.4 Å². The molecule has 3 aromatic rings. The van der Waals surface area contributed by atoms with Gasteiger partial charge in [-0.2, -0.15) is 4.72 Å².